The molecule has 2 atom stereocenters. The van der Waals surface area contributed by atoms with Gasteiger partial charge in [0.2, 0.25) is 0 Å². The van der Waals surface area contributed by atoms with Crippen LogP contribution in [0.4, 0.5) is 0 Å². The molecule has 0 aliphatic carbocycles. The van der Waals surface area contributed by atoms with Crippen molar-refractivity contribution in [3.8, 4) is 0 Å². The summed E-state index contributed by atoms with van der Waals surface area (Å²) in [4.78, 5) is 23.7. The van der Waals surface area contributed by atoms with Gasteiger partial charge in [-0.1, -0.05) is 137 Å². The van der Waals surface area contributed by atoms with Crippen LogP contribution in [0.15, 0.2) is 85.1 Å². The van der Waals surface area contributed by atoms with Crippen LogP contribution < -0.4 is 4.89 Å². The molecule has 0 rings (SSSR count). The zero-order valence-electron chi connectivity index (χ0n) is 32.5. The molecule has 0 saturated heterocycles. The van der Waals surface area contributed by atoms with Crippen molar-refractivity contribution in [2.24, 2.45) is 0 Å². The predicted molar refractivity (Wildman–Crippen MR) is 212 cm³/mol. The van der Waals surface area contributed by atoms with Gasteiger partial charge < -0.3 is 28.3 Å². The van der Waals surface area contributed by atoms with E-state index in [1.54, 1.807) is 0 Å². The number of likely N-dealkylation sites (N-methyl/N-ethyl adjacent to an activating group) is 1. The Labute approximate surface area is 311 Å². The SMILES string of the molecule is CC/C=C\C/C=C\C/C=C\C/C=C\C/C=C\C/C=C\C/C=C\CCCCCCCCCCCC(=O)OCC(O)COP(=O)([O-])OCC[N+](C)(C)C. The summed E-state index contributed by atoms with van der Waals surface area (Å²) >= 11 is 0. The topological polar surface area (TPSA) is 105 Å². The second-order valence-corrected chi connectivity index (χ2v) is 15.2. The van der Waals surface area contributed by atoms with Crippen LogP contribution in [0.3, 0.4) is 0 Å². The molecule has 0 heterocycles. The van der Waals surface area contributed by atoms with E-state index >= 15 is 0 Å². The third-order valence-electron chi connectivity index (χ3n) is 7.66. The summed E-state index contributed by atoms with van der Waals surface area (Å²) in [6, 6.07) is 0. The predicted octanol–water partition coefficient (Wildman–Crippen LogP) is 10.0. The Bertz CT molecular complexity index is 1090. The number of unbranched alkanes of at least 4 members (excludes halogenated alkanes) is 9. The van der Waals surface area contributed by atoms with Gasteiger partial charge in [0.1, 0.15) is 25.9 Å². The molecule has 0 aromatic carbocycles. The number of aliphatic hydroxyl groups excluding tert-OH is 1. The van der Waals surface area contributed by atoms with Crippen molar-refractivity contribution >= 4 is 13.8 Å². The Morgan fingerprint density at radius 3 is 1.49 bits per heavy atom. The van der Waals surface area contributed by atoms with Crippen LogP contribution in [0, 0.1) is 0 Å². The van der Waals surface area contributed by atoms with E-state index in [1.165, 1.54) is 38.5 Å². The van der Waals surface area contributed by atoms with Gasteiger partial charge in [-0.3, -0.25) is 9.36 Å². The zero-order valence-corrected chi connectivity index (χ0v) is 33.4. The molecule has 0 aliphatic heterocycles. The maximum absolute atomic E-state index is 11.9. The number of phosphoric acid groups is 1. The van der Waals surface area contributed by atoms with Gasteiger partial charge in [0.25, 0.3) is 7.82 Å². The van der Waals surface area contributed by atoms with Gasteiger partial charge in [0, 0.05) is 6.42 Å². The molecule has 1 N–H and O–H groups in total. The molecule has 2 unspecified atom stereocenters. The number of hydrogen-bond acceptors (Lipinski definition) is 7. The lowest BCUT2D eigenvalue weighted by Gasteiger charge is -2.27. The van der Waals surface area contributed by atoms with E-state index in [2.05, 4.69) is 96.5 Å². The number of nitrogens with zero attached hydrogens (tertiary/aromatic N) is 1. The average Bonchev–Trinajstić information content (AvgIpc) is 3.08. The first kappa shape index (κ1) is 48.7. The molecular formula is C42H72NO7P. The molecule has 0 saturated carbocycles. The molecule has 0 bridgehead atoms. The Hall–Kier alpha value is -2.32. The first-order chi connectivity index (χ1) is 24.6. The normalized spacial score (nSPS) is 14.9. The van der Waals surface area contributed by atoms with Gasteiger partial charge in [0.15, 0.2) is 0 Å². The van der Waals surface area contributed by atoms with E-state index in [4.69, 9.17) is 9.26 Å². The summed E-state index contributed by atoms with van der Waals surface area (Å²) in [5.41, 5.74) is 0. The van der Waals surface area contributed by atoms with Crippen molar-refractivity contribution in [2.75, 3.05) is 47.5 Å². The Balaban J connectivity index is 3.56. The van der Waals surface area contributed by atoms with Gasteiger partial charge in [-0.05, 0) is 64.2 Å². The third-order valence-corrected chi connectivity index (χ3v) is 8.62. The maximum atomic E-state index is 11.9. The van der Waals surface area contributed by atoms with E-state index in [1.807, 2.05) is 21.1 Å². The fraction of sp³-hybridized carbons (Fsp3) is 0.643. The highest BCUT2D eigenvalue weighted by Gasteiger charge is 2.16. The van der Waals surface area contributed by atoms with Gasteiger partial charge in [0.05, 0.1) is 27.7 Å². The van der Waals surface area contributed by atoms with E-state index in [-0.39, 0.29) is 19.6 Å². The van der Waals surface area contributed by atoms with Crippen LogP contribution in [-0.4, -0.2) is 69.2 Å². The summed E-state index contributed by atoms with van der Waals surface area (Å²) < 4.78 is 26.8. The highest BCUT2D eigenvalue weighted by atomic mass is 31.2. The lowest BCUT2D eigenvalue weighted by Crippen LogP contribution is -2.37. The summed E-state index contributed by atoms with van der Waals surface area (Å²) in [5.74, 6) is -0.398. The number of allylic oxidation sites excluding steroid dienone is 14. The van der Waals surface area contributed by atoms with Crippen LogP contribution >= 0.6 is 7.82 Å². The largest absolute Gasteiger partial charge is 0.756 e. The van der Waals surface area contributed by atoms with Gasteiger partial charge in [-0.25, -0.2) is 0 Å². The maximum Gasteiger partial charge on any atom is 0.305 e. The summed E-state index contributed by atoms with van der Waals surface area (Å²) in [7, 11) is 1.23. The van der Waals surface area contributed by atoms with Gasteiger partial charge in [-0.2, -0.15) is 0 Å². The zero-order chi connectivity index (χ0) is 37.7. The molecule has 0 aromatic rings. The van der Waals surface area contributed by atoms with Crippen LogP contribution in [0.1, 0.15) is 122 Å². The molecule has 0 aliphatic rings. The fourth-order valence-corrected chi connectivity index (χ4v) is 5.36. The number of esters is 1. The van der Waals surface area contributed by atoms with E-state index < -0.39 is 26.5 Å². The molecule has 292 valence electrons. The molecule has 51 heavy (non-hydrogen) atoms. The van der Waals surface area contributed by atoms with Crippen molar-refractivity contribution in [1.82, 2.24) is 0 Å². The van der Waals surface area contributed by atoms with Crippen molar-refractivity contribution in [3.63, 3.8) is 0 Å². The molecule has 0 amide bonds. The minimum atomic E-state index is -4.51. The van der Waals surface area contributed by atoms with Crippen molar-refractivity contribution < 1.29 is 37.6 Å². The van der Waals surface area contributed by atoms with E-state index in [0.717, 1.165) is 70.6 Å². The monoisotopic (exact) mass is 734 g/mol. The molecule has 0 aromatic heterocycles. The molecule has 0 fully saturated rings. The van der Waals surface area contributed by atoms with Crippen LogP contribution in [0.25, 0.3) is 0 Å². The summed E-state index contributed by atoms with van der Waals surface area (Å²) in [5, 5.41) is 9.87. The minimum absolute atomic E-state index is 0.0134. The Kier molecular flexibility index (Phi) is 33.2. The van der Waals surface area contributed by atoms with Crippen molar-refractivity contribution in [2.45, 2.75) is 129 Å². The number of phosphoric ester groups is 1. The van der Waals surface area contributed by atoms with E-state index in [0.29, 0.717) is 11.0 Å². The number of aliphatic hydroxyl groups is 1. The molecule has 0 spiro atoms. The quantitative estimate of drug-likeness (QED) is 0.0231. The Morgan fingerprint density at radius 1 is 0.627 bits per heavy atom. The first-order valence-electron chi connectivity index (χ1n) is 19.3. The number of quaternary nitrogens is 1. The highest BCUT2D eigenvalue weighted by molar-refractivity contribution is 7.45. The van der Waals surface area contributed by atoms with Crippen LogP contribution in [-0.2, 0) is 23.1 Å². The van der Waals surface area contributed by atoms with Crippen molar-refractivity contribution in [1.29, 1.82) is 0 Å². The minimum Gasteiger partial charge on any atom is -0.756 e. The van der Waals surface area contributed by atoms with Gasteiger partial charge in [-0.15, -0.1) is 0 Å². The average molecular weight is 734 g/mol. The lowest BCUT2D eigenvalue weighted by atomic mass is 10.1. The van der Waals surface area contributed by atoms with Gasteiger partial charge >= 0.3 is 5.97 Å². The summed E-state index contributed by atoms with van der Waals surface area (Å²) in [6.07, 6.45) is 48.8. The molecule has 8 nitrogen and oxygen atoms in total. The Morgan fingerprint density at radius 2 is 1.04 bits per heavy atom. The molecule has 9 heteroatoms. The lowest BCUT2D eigenvalue weighted by molar-refractivity contribution is -0.870. The molecule has 0 radical (unpaired) electrons. The third kappa shape index (κ3) is 40.3. The first-order valence-corrected chi connectivity index (χ1v) is 20.8. The molecular weight excluding hydrogens is 661 g/mol. The number of hydrogen-bond donors (Lipinski definition) is 1. The smallest absolute Gasteiger partial charge is 0.305 e. The second-order valence-electron chi connectivity index (χ2n) is 13.8. The van der Waals surface area contributed by atoms with E-state index in [9.17, 15) is 19.4 Å². The van der Waals surface area contributed by atoms with Crippen molar-refractivity contribution in [3.05, 3.63) is 85.1 Å². The summed E-state index contributed by atoms with van der Waals surface area (Å²) in [6.45, 7) is 1.81. The standard InChI is InChI=1S/C42H72NO7P/c1-5-6-7-8-9-10-11-12-13-14-15-16-17-18-19-20-21-22-23-24-25-26-27-28-29-30-31-32-33-34-35-36-42(45)48-39-41(44)40-50-51(46,47)49-38-37-43(2,3)4/h6-7,9-10,12-13,15-16,18-19,21-22,24-25,41,44H,5,8,11,14,17,20,23,26-40H2,1-4H3/b7-6-,10-9-,13-12-,16-15-,19-18-,22-21-,25-24-. The number of ether oxygens (including phenoxy) is 1. The number of carbonyl (C=O) groups excluding carboxylic acids is 1. The van der Waals surface area contributed by atoms with Crippen LogP contribution in [0.5, 0.6) is 0 Å². The fourth-order valence-electron chi connectivity index (χ4n) is 4.63. The second kappa shape index (κ2) is 34.7. The number of carbonyl (C=O) groups is 1. The number of rotatable bonds is 34. The highest BCUT2D eigenvalue weighted by Crippen LogP contribution is 2.38. The van der Waals surface area contributed by atoms with Crippen LogP contribution in [0.2, 0.25) is 0 Å².